The third kappa shape index (κ3) is 3.17. The van der Waals surface area contributed by atoms with Crippen LogP contribution in [0, 0.1) is 5.92 Å². The van der Waals surface area contributed by atoms with E-state index < -0.39 is 17.8 Å². The molecule has 0 aromatic heterocycles. The second-order valence-electron chi connectivity index (χ2n) is 4.65. The second kappa shape index (κ2) is 4.73. The van der Waals surface area contributed by atoms with E-state index in [4.69, 9.17) is 10.9 Å². The topological polar surface area (TPSA) is 66.6 Å². The van der Waals surface area contributed by atoms with Gasteiger partial charge in [-0.3, -0.25) is 5.21 Å². The normalized spacial score (nSPS) is 22.1. The van der Waals surface area contributed by atoms with Gasteiger partial charge in [0.25, 0.3) is 0 Å². The van der Waals surface area contributed by atoms with E-state index in [0.29, 0.717) is 17.0 Å². The molecule has 0 saturated heterocycles. The molecule has 2 atom stereocenters. The van der Waals surface area contributed by atoms with Gasteiger partial charge in [-0.25, -0.2) is 9.86 Å². The van der Waals surface area contributed by atoms with Crippen molar-refractivity contribution in [2.75, 3.05) is 6.54 Å². The Hall–Kier alpha value is -1.76. The molecule has 1 aromatic carbocycles. The average molecular weight is 274 g/mol. The molecule has 0 spiro atoms. The molecule has 2 rings (SSSR count). The van der Waals surface area contributed by atoms with Gasteiger partial charge < -0.3 is 5.73 Å². The number of rotatable bonds is 3. The summed E-state index contributed by atoms with van der Waals surface area (Å²) in [6, 6.07) is 4.14. The lowest BCUT2D eigenvalue weighted by Gasteiger charge is -2.12. The number of primary amides is 1. The Morgan fingerprint density at radius 2 is 2.16 bits per heavy atom. The molecule has 1 aromatic rings. The van der Waals surface area contributed by atoms with Gasteiger partial charge in [0.2, 0.25) is 0 Å². The number of alkyl halides is 3. The van der Waals surface area contributed by atoms with Gasteiger partial charge in [-0.1, -0.05) is 18.2 Å². The van der Waals surface area contributed by atoms with Crippen LogP contribution in [0.25, 0.3) is 0 Å². The van der Waals surface area contributed by atoms with Gasteiger partial charge in [0, 0.05) is 0 Å². The number of hydroxylamine groups is 2. The van der Waals surface area contributed by atoms with E-state index in [1.165, 1.54) is 6.07 Å². The summed E-state index contributed by atoms with van der Waals surface area (Å²) in [6.45, 7) is 0.0379. The zero-order chi connectivity index (χ0) is 14.2. The van der Waals surface area contributed by atoms with Gasteiger partial charge in [0.05, 0.1) is 12.1 Å². The van der Waals surface area contributed by atoms with Gasteiger partial charge in [-0.05, 0) is 29.9 Å². The molecule has 7 heteroatoms. The molecule has 1 aliphatic rings. The van der Waals surface area contributed by atoms with Crippen molar-refractivity contribution < 1.29 is 23.2 Å². The van der Waals surface area contributed by atoms with Crippen molar-refractivity contribution in [3.63, 3.8) is 0 Å². The van der Waals surface area contributed by atoms with Crippen molar-refractivity contribution >= 4 is 6.03 Å². The summed E-state index contributed by atoms with van der Waals surface area (Å²) in [5.74, 6) is -0.128. The molecule has 0 bridgehead atoms. The van der Waals surface area contributed by atoms with Crippen molar-refractivity contribution in [2.45, 2.75) is 18.5 Å². The maximum absolute atomic E-state index is 12.6. The van der Waals surface area contributed by atoms with Crippen molar-refractivity contribution in [3.8, 4) is 0 Å². The Morgan fingerprint density at radius 3 is 2.74 bits per heavy atom. The predicted octanol–water partition coefficient (Wildman–Crippen LogP) is 2.58. The predicted molar refractivity (Wildman–Crippen MR) is 60.4 cm³/mol. The number of carbonyl (C=O) groups excluding carboxylic acids is 1. The second-order valence-corrected chi connectivity index (χ2v) is 4.65. The standard InChI is InChI=1S/C12H13F3N2O2/c13-12(14,15)9-3-1-2-7(4-9)10-5-8(10)6-17(19)11(16)18/h1-4,8,10,19H,5-6H2,(H2,16,18). The minimum absolute atomic E-state index is 0.0379. The Bertz CT molecular complexity index is 490. The van der Waals surface area contributed by atoms with Crippen LogP contribution in [0.1, 0.15) is 23.5 Å². The van der Waals surface area contributed by atoms with E-state index in [-0.39, 0.29) is 18.4 Å². The fraction of sp³-hybridized carbons (Fsp3) is 0.417. The highest BCUT2D eigenvalue weighted by molar-refractivity contribution is 5.70. The summed E-state index contributed by atoms with van der Waals surface area (Å²) in [5, 5.41) is 9.55. The van der Waals surface area contributed by atoms with Crippen LogP contribution in [-0.4, -0.2) is 22.8 Å². The molecule has 0 aliphatic heterocycles. The SMILES string of the molecule is NC(=O)N(O)CC1CC1c1cccc(C(F)(F)F)c1. The number of hydrogen-bond acceptors (Lipinski definition) is 2. The molecule has 0 heterocycles. The van der Waals surface area contributed by atoms with Gasteiger partial charge in [-0.2, -0.15) is 13.2 Å². The third-order valence-corrected chi connectivity index (χ3v) is 3.23. The maximum Gasteiger partial charge on any atom is 0.416 e. The molecule has 3 N–H and O–H groups in total. The van der Waals surface area contributed by atoms with E-state index in [1.54, 1.807) is 6.07 Å². The van der Waals surface area contributed by atoms with Crippen LogP contribution in [0.2, 0.25) is 0 Å². The van der Waals surface area contributed by atoms with Crippen LogP contribution in [0.15, 0.2) is 24.3 Å². The van der Waals surface area contributed by atoms with Gasteiger partial charge in [-0.15, -0.1) is 0 Å². The van der Waals surface area contributed by atoms with Crippen LogP contribution in [-0.2, 0) is 6.18 Å². The molecular weight excluding hydrogens is 261 g/mol. The van der Waals surface area contributed by atoms with Gasteiger partial charge in [0.1, 0.15) is 0 Å². The smallest absolute Gasteiger partial charge is 0.350 e. The molecule has 2 unspecified atom stereocenters. The van der Waals surface area contributed by atoms with Crippen molar-refractivity contribution in [1.82, 2.24) is 5.06 Å². The molecule has 0 radical (unpaired) electrons. The first-order valence-electron chi connectivity index (χ1n) is 5.72. The first kappa shape index (κ1) is 13.7. The summed E-state index contributed by atoms with van der Waals surface area (Å²) in [7, 11) is 0. The van der Waals surface area contributed by atoms with Crippen LogP contribution in [0.3, 0.4) is 0 Å². The highest BCUT2D eigenvalue weighted by Gasteiger charge is 2.41. The molecule has 1 fully saturated rings. The summed E-state index contributed by atoms with van der Waals surface area (Å²) in [5.41, 5.74) is 4.74. The number of benzene rings is 1. The van der Waals surface area contributed by atoms with E-state index in [2.05, 4.69) is 0 Å². The number of nitrogens with two attached hydrogens (primary N) is 1. The van der Waals surface area contributed by atoms with Crippen LogP contribution in [0.4, 0.5) is 18.0 Å². The number of urea groups is 1. The van der Waals surface area contributed by atoms with Crippen molar-refractivity contribution in [3.05, 3.63) is 35.4 Å². The average Bonchev–Trinajstić information content (AvgIpc) is 3.07. The quantitative estimate of drug-likeness (QED) is 0.657. The molecule has 19 heavy (non-hydrogen) atoms. The lowest BCUT2D eigenvalue weighted by atomic mass is 10.1. The van der Waals surface area contributed by atoms with E-state index in [0.717, 1.165) is 12.1 Å². The van der Waals surface area contributed by atoms with Crippen LogP contribution in [0.5, 0.6) is 0 Å². The molecule has 4 nitrogen and oxygen atoms in total. The van der Waals surface area contributed by atoms with E-state index in [1.807, 2.05) is 0 Å². The Balaban J connectivity index is 2.04. The zero-order valence-electron chi connectivity index (χ0n) is 9.89. The van der Waals surface area contributed by atoms with Crippen molar-refractivity contribution in [1.29, 1.82) is 0 Å². The van der Waals surface area contributed by atoms with Crippen LogP contribution >= 0.6 is 0 Å². The van der Waals surface area contributed by atoms with E-state index in [9.17, 15) is 18.0 Å². The Kier molecular flexibility index (Phi) is 3.40. The van der Waals surface area contributed by atoms with Crippen LogP contribution < -0.4 is 5.73 Å². The summed E-state index contributed by atoms with van der Waals surface area (Å²) >= 11 is 0. The molecular formula is C12H13F3N2O2. The number of halogens is 3. The minimum atomic E-state index is -4.36. The fourth-order valence-corrected chi connectivity index (χ4v) is 2.12. The lowest BCUT2D eigenvalue weighted by molar-refractivity contribution is -0.137. The number of amides is 2. The summed E-state index contributed by atoms with van der Waals surface area (Å²) < 4.78 is 37.7. The maximum atomic E-state index is 12.6. The number of carbonyl (C=O) groups is 1. The lowest BCUT2D eigenvalue weighted by Crippen LogP contribution is -2.34. The molecule has 104 valence electrons. The summed E-state index contributed by atoms with van der Waals surface area (Å²) in [4.78, 5) is 10.6. The van der Waals surface area contributed by atoms with E-state index >= 15 is 0 Å². The molecule has 2 amide bonds. The first-order chi connectivity index (χ1) is 8.79. The number of nitrogens with zero attached hydrogens (tertiary/aromatic N) is 1. The van der Waals surface area contributed by atoms with Gasteiger partial charge in [0.15, 0.2) is 0 Å². The minimum Gasteiger partial charge on any atom is -0.350 e. The zero-order valence-corrected chi connectivity index (χ0v) is 9.89. The fourth-order valence-electron chi connectivity index (χ4n) is 2.12. The highest BCUT2D eigenvalue weighted by Crippen LogP contribution is 2.48. The Labute approximate surface area is 107 Å². The first-order valence-corrected chi connectivity index (χ1v) is 5.72. The monoisotopic (exact) mass is 274 g/mol. The third-order valence-electron chi connectivity index (χ3n) is 3.23. The largest absolute Gasteiger partial charge is 0.416 e. The number of hydrogen-bond donors (Lipinski definition) is 2. The van der Waals surface area contributed by atoms with Gasteiger partial charge >= 0.3 is 12.2 Å². The summed E-state index contributed by atoms with van der Waals surface area (Å²) in [6.07, 6.45) is -3.73. The Morgan fingerprint density at radius 1 is 1.47 bits per heavy atom. The van der Waals surface area contributed by atoms with Crippen molar-refractivity contribution in [2.24, 2.45) is 11.7 Å². The highest BCUT2D eigenvalue weighted by atomic mass is 19.4. The molecule has 1 saturated carbocycles. The molecule has 1 aliphatic carbocycles.